The van der Waals surface area contributed by atoms with Gasteiger partial charge in [-0.2, -0.15) is 5.10 Å². The third-order valence-electron chi connectivity index (χ3n) is 7.34. The zero-order valence-electron chi connectivity index (χ0n) is 16.9. The normalized spacial score (nSPS) is 23.8. The Morgan fingerprint density at radius 3 is 2.48 bits per heavy atom. The van der Waals surface area contributed by atoms with Crippen LogP contribution < -0.4 is 5.32 Å². The maximum Gasteiger partial charge on any atom is 0.276 e. The number of carbonyl (C=O) groups is 1. The number of nitrogens with one attached hydrogen (secondary N) is 1. The van der Waals surface area contributed by atoms with Gasteiger partial charge in [-0.05, 0) is 60.6 Å². The molecule has 0 aliphatic heterocycles. The van der Waals surface area contributed by atoms with E-state index in [2.05, 4.69) is 54.2 Å². The Hall–Kier alpha value is -2.40. The second kappa shape index (κ2) is 6.30. The van der Waals surface area contributed by atoms with Crippen molar-refractivity contribution < 1.29 is 4.79 Å². The van der Waals surface area contributed by atoms with E-state index >= 15 is 0 Å². The van der Waals surface area contributed by atoms with Gasteiger partial charge < -0.3 is 5.32 Å². The molecule has 1 aromatic heterocycles. The lowest BCUT2D eigenvalue weighted by Crippen LogP contribution is -2.33. The highest BCUT2D eigenvalue weighted by molar-refractivity contribution is 9.10. The van der Waals surface area contributed by atoms with E-state index in [0.29, 0.717) is 11.6 Å². The maximum atomic E-state index is 13.3. The van der Waals surface area contributed by atoms with E-state index in [-0.39, 0.29) is 16.7 Å². The van der Waals surface area contributed by atoms with Gasteiger partial charge in [0.2, 0.25) is 0 Å². The predicted octanol–water partition coefficient (Wildman–Crippen LogP) is 6.06. The topological polar surface area (TPSA) is 46.9 Å². The predicted molar refractivity (Wildman–Crippen MR) is 119 cm³/mol. The van der Waals surface area contributed by atoms with Gasteiger partial charge in [-0.15, -0.1) is 0 Å². The van der Waals surface area contributed by atoms with Crippen molar-refractivity contribution in [2.75, 3.05) is 5.32 Å². The largest absolute Gasteiger partial charge is 0.321 e. The average Bonchev–Trinajstić information content (AvgIpc) is 3.27. The van der Waals surface area contributed by atoms with Gasteiger partial charge in [-0.25, -0.2) is 4.68 Å². The van der Waals surface area contributed by atoms with Crippen molar-refractivity contribution in [1.82, 2.24) is 9.78 Å². The van der Waals surface area contributed by atoms with Crippen molar-refractivity contribution in [3.63, 3.8) is 0 Å². The van der Waals surface area contributed by atoms with Gasteiger partial charge in [-0.1, -0.05) is 54.9 Å². The number of amides is 1. The Bertz CT molecular complexity index is 1100. The highest BCUT2D eigenvalue weighted by Gasteiger charge is 2.63. The molecular formula is C24H24BrN3O. The molecule has 2 aromatic carbocycles. The van der Waals surface area contributed by atoms with Crippen LogP contribution in [0.25, 0.3) is 5.69 Å². The van der Waals surface area contributed by atoms with Crippen LogP contribution in [0.2, 0.25) is 0 Å². The third-order valence-corrected chi connectivity index (χ3v) is 7.87. The molecule has 0 saturated heterocycles. The minimum Gasteiger partial charge on any atom is -0.321 e. The first-order chi connectivity index (χ1) is 13.8. The average molecular weight is 450 g/mol. The molecule has 1 N–H and O–H groups in total. The van der Waals surface area contributed by atoms with Crippen LogP contribution in [0.1, 0.15) is 61.3 Å². The Balaban J connectivity index is 1.65. The molecule has 5 heteroatoms. The number of hydrogen-bond donors (Lipinski definition) is 1. The molecular weight excluding hydrogens is 426 g/mol. The fraction of sp³-hybridized carbons (Fsp3) is 0.333. The third kappa shape index (κ3) is 2.56. The molecule has 5 rings (SSSR count). The fourth-order valence-electron chi connectivity index (χ4n) is 5.37. The van der Waals surface area contributed by atoms with Gasteiger partial charge in [0.1, 0.15) is 0 Å². The standard InChI is InChI=1S/C24H24BrN3O/c1-23(2)18-13-14-24(23,3)21-19(18)20(27-28(21)17-7-5-4-6-8-17)22(29)26-16-11-9-15(25)10-12-16/h4-12,18H,13-14H2,1-3H3,(H,26,29)/t18-,24+/m1/s1. The Kier molecular flexibility index (Phi) is 4.04. The van der Waals surface area contributed by atoms with Crippen LogP contribution in [0, 0.1) is 5.41 Å². The first-order valence-corrected chi connectivity index (χ1v) is 10.9. The van der Waals surface area contributed by atoms with Crippen molar-refractivity contribution in [3.8, 4) is 5.69 Å². The maximum absolute atomic E-state index is 13.3. The lowest BCUT2D eigenvalue weighted by molar-refractivity contribution is 0.101. The summed E-state index contributed by atoms with van der Waals surface area (Å²) < 4.78 is 3.00. The van der Waals surface area contributed by atoms with Crippen molar-refractivity contribution in [1.29, 1.82) is 0 Å². The van der Waals surface area contributed by atoms with Crippen LogP contribution >= 0.6 is 15.9 Å². The summed E-state index contributed by atoms with van der Waals surface area (Å²) in [6.07, 6.45) is 2.24. The number of anilines is 1. The summed E-state index contributed by atoms with van der Waals surface area (Å²) in [4.78, 5) is 13.3. The molecule has 3 aromatic rings. The fourth-order valence-corrected chi connectivity index (χ4v) is 5.63. The molecule has 0 unspecified atom stereocenters. The van der Waals surface area contributed by atoms with Gasteiger partial charge in [0.15, 0.2) is 5.69 Å². The number of rotatable bonds is 3. The molecule has 1 saturated carbocycles. The Morgan fingerprint density at radius 2 is 1.79 bits per heavy atom. The quantitative estimate of drug-likeness (QED) is 0.527. The molecule has 0 spiro atoms. The SMILES string of the molecule is CC1(C)[C@@H]2CC[C@@]1(C)c1c2c(C(=O)Nc2ccc(Br)cc2)nn1-c1ccccc1. The Labute approximate surface area is 179 Å². The number of halogens is 1. The van der Waals surface area contributed by atoms with E-state index in [1.54, 1.807) is 0 Å². The van der Waals surface area contributed by atoms with Crippen molar-refractivity contribution in [2.45, 2.75) is 44.9 Å². The lowest BCUT2D eigenvalue weighted by atomic mass is 9.70. The van der Waals surface area contributed by atoms with Gasteiger partial charge in [0.05, 0.1) is 11.4 Å². The summed E-state index contributed by atoms with van der Waals surface area (Å²) >= 11 is 3.44. The number of para-hydroxylation sites is 1. The van der Waals surface area contributed by atoms with E-state index in [9.17, 15) is 4.79 Å². The number of benzene rings is 2. The van der Waals surface area contributed by atoms with Crippen LogP contribution in [0.4, 0.5) is 5.69 Å². The monoisotopic (exact) mass is 449 g/mol. The van der Waals surface area contributed by atoms with E-state index in [1.807, 2.05) is 47.1 Å². The molecule has 2 atom stereocenters. The number of nitrogens with zero attached hydrogens (tertiary/aromatic N) is 2. The van der Waals surface area contributed by atoms with E-state index < -0.39 is 0 Å². The minimum absolute atomic E-state index is 0.00593. The highest BCUT2D eigenvalue weighted by Crippen LogP contribution is 2.68. The lowest BCUT2D eigenvalue weighted by Gasteiger charge is -2.35. The van der Waals surface area contributed by atoms with Crippen LogP contribution in [0.3, 0.4) is 0 Å². The molecule has 2 aliphatic carbocycles. The molecule has 2 bridgehead atoms. The summed E-state index contributed by atoms with van der Waals surface area (Å²) in [5, 5.41) is 7.91. The smallest absolute Gasteiger partial charge is 0.276 e. The zero-order chi connectivity index (χ0) is 20.4. The first-order valence-electron chi connectivity index (χ1n) is 10.1. The first kappa shape index (κ1) is 18.6. The zero-order valence-corrected chi connectivity index (χ0v) is 18.5. The van der Waals surface area contributed by atoms with E-state index in [0.717, 1.165) is 34.3 Å². The molecule has 1 amide bonds. The summed E-state index contributed by atoms with van der Waals surface area (Å²) in [7, 11) is 0. The molecule has 1 fully saturated rings. The van der Waals surface area contributed by atoms with E-state index in [1.165, 1.54) is 5.69 Å². The highest BCUT2D eigenvalue weighted by atomic mass is 79.9. The van der Waals surface area contributed by atoms with Gasteiger partial charge in [-0.3, -0.25) is 4.79 Å². The number of fused-ring (bicyclic) bond motifs is 5. The summed E-state index contributed by atoms with van der Waals surface area (Å²) in [6, 6.07) is 17.8. The number of hydrogen-bond acceptors (Lipinski definition) is 2. The summed E-state index contributed by atoms with van der Waals surface area (Å²) in [6.45, 7) is 7.03. The van der Waals surface area contributed by atoms with Gasteiger partial charge >= 0.3 is 0 Å². The van der Waals surface area contributed by atoms with Crippen LogP contribution in [0.5, 0.6) is 0 Å². The van der Waals surface area contributed by atoms with Crippen molar-refractivity contribution >= 4 is 27.5 Å². The molecule has 2 aliphatic rings. The number of aromatic nitrogens is 2. The number of carbonyl (C=O) groups excluding carboxylic acids is 1. The summed E-state index contributed by atoms with van der Waals surface area (Å²) in [5.41, 5.74) is 4.81. The molecule has 0 radical (unpaired) electrons. The van der Waals surface area contributed by atoms with Crippen molar-refractivity contribution in [2.24, 2.45) is 5.41 Å². The van der Waals surface area contributed by atoms with E-state index in [4.69, 9.17) is 5.10 Å². The van der Waals surface area contributed by atoms with Crippen LogP contribution in [-0.2, 0) is 5.41 Å². The van der Waals surface area contributed by atoms with Crippen LogP contribution in [0.15, 0.2) is 59.1 Å². The Morgan fingerprint density at radius 1 is 1.10 bits per heavy atom. The van der Waals surface area contributed by atoms with Gasteiger partial charge in [0, 0.05) is 21.1 Å². The molecule has 29 heavy (non-hydrogen) atoms. The minimum atomic E-state index is -0.134. The second-order valence-electron chi connectivity index (χ2n) is 8.96. The molecule has 1 heterocycles. The van der Waals surface area contributed by atoms with Crippen molar-refractivity contribution in [3.05, 3.63) is 76.0 Å². The second-order valence-corrected chi connectivity index (χ2v) is 9.88. The summed E-state index contributed by atoms with van der Waals surface area (Å²) in [5.74, 6) is 0.218. The molecule has 148 valence electrons. The molecule has 4 nitrogen and oxygen atoms in total. The van der Waals surface area contributed by atoms with Gasteiger partial charge in [0.25, 0.3) is 5.91 Å². The van der Waals surface area contributed by atoms with Crippen LogP contribution in [-0.4, -0.2) is 15.7 Å².